The maximum absolute atomic E-state index is 10.6. The van der Waals surface area contributed by atoms with Crippen molar-refractivity contribution in [2.45, 2.75) is 18.5 Å². The van der Waals surface area contributed by atoms with E-state index < -0.39 is 0 Å². The second-order valence-electron chi connectivity index (χ2n) is 2.47. The molecule has 3 nitrogen and oxygen atoms in total. The minimum Gasteiger partial charge on any atom is -0.333 e. The number of urea groups is 1. The maximum Gasteiger partial charge on any atom is 0.317 e. The van der Waals surface area contributed by atoms with Crippen molar-refractivity contribution in [2.75, 3.05) is 7.05 Å². The summed E-state index contributed by atoms with van der Waals surface area (Å²) in [6, 6.07) is 1.11. The van der Waals surface area contributed by atoms with Crippen molar-refractivity contribution in [3.63, 3.8) is 0 Å². The van der Waals surface area contributed by atoms with Crippen LogP contribution in [0.3, 0.4) is 0 Å². The van der Waals surface area contributed by atoms with Crippen LogP contribution in [0.1, 0.15) is 6.42 Å². The summed E-state index contributed by atoms with van der Waals surface area (Å²) in [6.07, 6.45) is 1.16. The Balaban J connectivity index is 2.19. The fourth-order valence-electron chi connectivity index (χ4n) is 1.18. The summed E-state index contributed by atoms with van der Waals surface area (Å²) in [5.74, 6) is 0. The molecule has 0 aromatic carbocycles. The lowest BCUT2D eigenvalue weighted by molar-refractivity contribution is 0.218. The van der Waals surface area contributed by atoms with E-state index >= 15 is 0 Å². The van der Waals surface area contributed by atoms with Gasteiger partial charge in [-0.15, -0.1) is 0 Å². The van der Waals surface area contributed by atoms with E-state index in [2.05, 4.69) is 5.32 Å². The second-order valence-corrected chi connectivity index (χ2v) is 2.47. The van der Waals surface area contributed by atoms with Crippen LogP contribution in [0.2, 0.25) is 0 Å². The summed E-state index contributed by atoms with van der Waals surface area (Å²) < 4.78 is 0. The van der Waals surface area contributed by atoms with Crippen LogP contribution in [-0.2, 0) is 0 Å². The van der Waals surface area contributed by atoms with Crippen LogP contribution >= 0.6 is 0 Å². The lowest BCUT2D eigenvalue weighted by Crippen LogP contribution is -2.29. The molecule has 0 spiro atoms. The van der Waals surface area contributed by atoms with Gasteiger partial charge < -0.3 is 10.2 Å². The number of hydrogen-bond acceptors (Lipinski definition) is 1. The van der Waals surface area contributed by atoms with Crippen LogP contribution in [0.25, 0.3) is 0 Å². The number of hydrogen-bond donors (Lipinski definition) is 1. The molecule has 1 heterocycles. The van der Waals surface area contributed by atoms with Crippen LogP contribution in [0.15, 0.2) is 0 Å². The lowest BCUT2D eigenvalue weighted by Gasteiger charge is -2.07. The molecule has 1 saturated heterocycles. The van der Waals surface area contributed by atoms with Crippen LogP contribution in [0.5, 0.6) is 0 Å². The zero-order valence-corrected chi connectivity index (χ0v) is 4.72. The van der Waals surface area contributed by atoms with E-state index in [1.54, 1.807) is 4.90 Å². The molecule has 0 bridgehead atoms. The van der Waals surface area contributed by atoms with Gasteiger partial charge in [-0.3, -0.25) is 0 Å². The average molecular weight is 112 g/mol. The molecule has 1 N–H and O–H groups in total. The van der Waals surface area contributed by atoms with E-state index in [-0.39, 0.29) is 6.03 Å². The van der Waals surface area contributed by atoms with E-state index in [9.17, 15) is 4.79 Å². The van der Waals surface area contributed by atoms with Crippen LogP contribution in [0.4, 0.5) is 4.79 Å². The van der Waals surface area contributed by atoms with Gasteiger partial charge in [0.2, 0.25) is 0 Å². The Morgan fingerprint density at radius 2 is 2.62 bits per heavy atom. The van der Waals surface area contributed by atoms with E-state index in [0.29, 0.717) is 12.1 Å². The van der Waals surface area contributed by atoms with Crippen LogP contribution in [-0.4, -0.2) is 30.1 Å². The second kappa shape index (κ2) is 0.989. The molecule has 0 aromatic rings. The topological polar surface area (TPSA) is 32.3 Å². The number of nitrogens with zero attached hydrogens (tertiary/aromatic N) is 1. The van der Waals surface area contributed by atoms with E-state index in [4.69, 9.17) is 0 Å². The average Bonchev–Trinajstić information content (AvgIpc) is 2.39. The first-order chi connectivity index (χ1) is 3.79. The Labute approximate surface area is 47.7 Å². The SMILES string of the molecule is CN1C(=O)NC2CC21. The van der Waals surface area contributed by atoms with Gasteiger partial charge in [-0.2, -0.15) is 0 Å². The third-order valence-electron chi connectivity index (χ3n) is 1.88. The minimum atomic E-state index is 0.0891. The van der Waals surface area contributed by atoms with Crippen molar-refractivity contribution < 1.29 is 4.79 Å². The molecule has 3 heteroatoms. The van der Waals surface area contributed by atoms with Crippen molar-refractivity contribution in [1.29, 1.82) is 0 Å². The molecule has 1 aliphatic carbocycles. The van der Waals surface area contributed by atoms with Gasteiger partial charge in [0.25, 0.3) is 0 Å². The Hall–Kier alpha value is -0.730. The molecule has 2 fully saturated rings. The minimum absolute atomic E-state index is 0.0891. The fraction of sp³-hybridized carbons (Fsp3) is 0.800. The number of amides is 2. The van der Waals surface area contributed by atoms with Gasteiger partial charge in [0, 0.05) is 7.05 Å². The zero-order valence-electron chi connectivity index (χ0n) is 4.72. The van der Waals surface area contributed by atoms with E-state index in [0.717, 1.165) is 6.42 Å². The van der Waals surface area contributed by atoms with Gasteiger partial charge in [0.1, 0.15) is 0 Å². The molecular formula is C5H8N2O. The first-order valence-electron chi connectivity index (χ1n) is 2.82. The Morgan fingerprint density at radius 1 is 1.88 bits per heavy atom. The summed E-state index contributed by atoms with van der Waals surface area (Å²) in [5.41, 5.74) is 0. The fourth-order valence-corrected chi connectivity index (χ4v) is 1.18. The maximum atomic E-state index is 10.6. The molecule has 2 atom stereocenters. The number of rotatable bonds is 0. The smallest absolute Gasteiger partial charge is 0.317 e. The van der Waals surface area contributed by atoms with Crippen molar-refractivity contribution in [3.8, 4) is 0 Å². The molecule has 0 radical (unpaired) electrons. The zero-order chi connectivity index (χ0) is 5.72. The number of fused-ring (bicyclic) bond motifs is 1. The predicted molar refractivity (Wildman–Crippen MR) is 28.5 cm³/mol. The van der Waals surface area contributed by atoms with Gasteiger partial charge in [0.15, 0.2) is 0 Å². The third-order valence-corrected chi connectivity index (χ3v) is 1.88. The largest absolute Gasteiger partial charge is 0.333 e. The Bertz CT molecular complexity index is 145. The van der Waals surface area contributed by atoms with Crippen molar-refractivity contribution in [2.24, 2.45) is 0 Å². The van der Waals surface area contributed by atoms with Gasteiger partial charge in [0.05, 0.1) is 12.1 Å². The number of nitrogens with one attached hydrogen (secondary N) is 1. The molecule has 1 aliphatic heterocycles. The molecule has 1 saturated carbocycles. The highest BCUT2D eigenvalue weighted by Crippen LogP contribution is 2.31. The molecular weight excluding hydrogens is 104 g/mol. The van der Waals surface area contributed by atoms with E-state index in [1.165, 1.54) is 0 Å². The van der Waals surface area contributed by atoms with Gasteiger partial charge >= 0.3 is 6.03 Å². The number of likely N-dealkylation sites (N-methyl/N-ethyl adjacent to an activating group) is 1. The Kier molecular flexibility index (Phi) is 0.517. The normalized spacial score (nSPS) is 41.6. The quantitative estimate of drug-likeness (QED) is 0.461. The molecule has 8 heavy (non-hydrogen) atoms. The van der Waals surface area contributed by atoms with Gasteiger partial charge in [-0.25, -0.2) is 4.79 Å². The molecule has 0 aromatic heterocycles. The summed E-state index contributed by atoms with van der Waals surface area (Å²) in [5, 5.41) is 2.83. The number of carbonyl (C=O) groups is 1. The standard InChI is InChI=1S/C5H8N2O/c1-7-4-2-3(4)6-5(7)8/h3-4H,2H2,1H3,(H,6,8). The summed E-state index contributed by atoms with van der Waals surface area (Å²) in [7, 11) is 1.84. The molecule has 2 unspecified atom stereocenters. The van der Waals surface area contributed by atoms with Gasteiger partial charge in [-0.05, 0) is 6.42 Å². The van der Waals surface area contributed by atoms with Crippen LogP contribution < -0.4 is 5.32 Å². The Morgan fingerprint density at radius 3 is 2.88 bits per heavy atom. The van der Waals surface area contributed by atoms with Crippen molar-refractivity contribution >= 4 is 6.03 Å². The summed E-state index contributed by atoms with van der Waals surface area (Å²) in [4.78, 5) is 12.4. The van der Waals surface area contributed by atoms with Crippen LogP contribution in [0, 0.1) is 0 Å². The monoisotopic (exact) mass is 112 g/mol. The highest BCUT2D eigenvalue weighted by Gasteiger charge is 2.49. The van der Waals surface area contributed by atoms with Crippen molar-refractivity contribution in [3.05, 3.63) is 0 Å². The predicted octanol–water partition coefficient (Wildman–Crippen LogP) is -0.218. The summed E-state index contributed by atoms with van der Waals surface area (Å²) in [6.45, 7) is 0. The first-order valence-corrected chi connectivity index (χ1v) is 2.82. The summed E-state index contributed by atoms with van der Waals surface area (Å²) >= 11 is 0. The number of carbonyl (C=O) groups excluding carboxylic acids is 1. The molecule has 2 rings (SSSR count). The van der Waals surface area contributed by atoms with E-state index in [1.807, 2.05) is 7.05 Å². The third kappa shape index (κ3) is 0.322. The van der Waals surface area contributed by atoms with Gasteiger partial charge in [-0.1, -0.05) is 0 Å². The molecule has 2 aliphatic rings. The van der Waals surface area contributed by atoms with Crippen molar-refractivity contribution in [1.82, 2.24) is 10.2 Å². The lowest BCUT2D eigenvalue weighted by atomic mass is 10.6. The first kappa shape index (κ1) is 4.18. The molecule has 44 valence electrons. The molecule has 2 amide bonds. The highest BCUT2D eigenvalue weighted by molar-refractivity contribution is 5.79. The highest BCUT2D eigenvalue weighted by atomic mass is 16.2.